The molecule has 0 aliphatic heterocycles. The highest BCUT2D eigenvalue weighted by Gasteiger charge is 1.97. The largest absolute Gasteiger partial charge is 0.236 e. The number of rotatable bonds is 0. The molecule has 0 fully saturated rings. The molecule has 1 aromatic heterocycles. The molecule has 0 aliphatic rings. The summed E-state index contributed by atoms with van der Waals surface area (Å²) in [5.41, 5.74) is 1.63. The molecule has 40 valence electrons. The predicted molar refractivity (Wildman–Crippen MR) is 34.5 cm³/mol. The summed E-state index contributed by atoms with van der Waals surface area (Å²) in [7, 11) is 0. The second-order valence-corrected chi connectivity index (χ2v) is 2.69. The third-order valence-corrected chi connectivity index (χ3v) is 2.22. The van der Waals surface area contributed by atoms with Crippen LogP contribution in [-0.4, -0.2) is 4.98 Å². The van der Waals surface area contributed by atoms with Crippen LogP contribution in [0.2, 0.25) is 0 Å². The Kier molecular flexibility index (Phi) is 1.61. The van der Waals surface area contributed by atoms with Crippen molar-refractivity contribution >= 4 is 27.3 Å². The average molecular weight is 189 g/mol. The first kappa shape index (κ1) is 5.73. The smallest absolute Gasteiger partial charge is 0.139 e. The molecule has 0 radical (unpaired) electrons. The van der Waals surface area contributed by atoms with Gasteiger partial charge in [-0.25, -0.2) is 4.98 Å². The van der Waals surface area contributed by atoms with E-state index in [-0.39, 0.29) is 0 Å². The van der Waals surface area contributed by atoms with Gasteiger partial charge in [-0.05, 0) is 15.9 Å². The summed E-state index contributed by atoms with van der Waals surface area (Å²) in [6.45, 7) is 0. The van der Waals surface area contributed by atoms with E-state index in [2.05, 4.69) is 20.9 Å². The van der Waals surface area contributed by atoms with Gasteiger partial charge in [0.1, 0.15) is 15.5 Å². The quantitative estimate of drug-likeness (QED) is 0.623. The summed E-state index contributed by atoms with van der Waals surface area (Å²) in [6, 6.07) is 1.98. The first-order chi connectivity index (χ1) is 3.84. The fourth-order valence-corrected chi connectivity index (χ4v) is 1.38. The van der Waals surface area contributed by atoms with Gasteiger partial charge in [0.05, 0.1) is 5.51 Å². The van der Waals surface area contributed by atoms with Crippen molar-refractivity contribution < 1.29 is 0 Å². The van der Waals surface area contributed by atoms with Crippen molar-refractivity contribution in [2.45, 2.75) is 0 Å². The number of hydrogen-bond donors (Lipinski definition) is 0. The predicted octanol–water partition coefficient (Wildman–Crippen LogP) is 1.78. The Morgan fingerprint density at radius 1 is 1.88 bits per heavy atom. The van der Waals surface area contributed by atoms with Gasteiger partial charge in [-0.2, -0.15) is 5.26 Å². The highest BCUT2D eigenvalue weighted by molar-refractivity contribution is 9.10. The third kappa shape index (κ3) is 0.881. The van der Waals surface area contributed by atoms with Crippen molar-refractivity contribution in [1.29, 1.82) is 5.26 Å². The van der Waals surface area contributed by atoms with E-state index in [9.17, 15) is 0 Å². The zero-order valence-corrected chi connectivity index (χ0v) is 6.16. The van der Waals surface area contributed by atoms with Crippen molar-refractivity contribution in [2.75, 3.05) is 0 Å². The molecule has 0 N–H and O–H groups in total. The van der Waals surface area contributed by atoms with E-state index in [4.69, 9.17) is 5.26 Å². The summed E-state index contributed by atoms with van der Waals surface area (Å²) in [4.78, 5) is 4.43. The number of aromatic nitrogens is 1. The lowest BCUT2D eigenvalue weighted by molar-refractivity contribution is 1.35. The molecule has 2 nitrogen and oxygen atoms in total. The van der Waals surface area contributed by atoms with Crippen molar-refractivity contribution in [2.24, 2.45) is 0 Å². The van der Waals surface area contributed by atoms with Crippen molar-refractivity contribution in [3.05, 3.63) is 15.0 Å². The van der Waals surface area contributed by atoms with Gasteiger partial charge in [-0.1, -0.05) is 0 Å². The van der Waals surface area contributed by atoms with Crippen LogP contribution in [0.25, 0.3) is 0 Å². The second-order valence-electron chi connectivity index (χ2n) is 1.08. The van der Waals surface area contributed by atoms with Gasteiger partial charge in [0, 0.05) is 0 Å². The van der Waals surface area contributed by atoms with Gasteiger partial charge in [-0.15, -0.1) is 11.3 Å². The lowest BCUT2D eigenvalue weighted by Gasteiger charge is -1.72. The van der Waals surface area contributed by atoms with E-state index in [0.717, 1.165) is 0 Å². The first-order valence-corrected chi connectivity index (χ1v) is 3.51. The summed E-state index contributed by atoms with van der Waals surface area (Å²) >= 11 is 4.43. The molecule has 0 aromatic carbocycles. The first-order valence-electron chi connectivity index (χ1n) is 1.83. The second kappa shape index (κ2) is 2.25. The monoisotopic (exact) mass is 188 g/mol. The van der Waals surface area contributed by atoms with Gasteiger partial charge in [-0.3, -0.25) is 0 Å². The van der Waals surface area contributed by atoms with E-state index < -0.39 is 0 Å². The molecule has 0 bridgehead atoms. The van der Waals surface area contributed by atoms with Crippen LogP contribution in [0.4, 0.5) is 0 Å². The van der Waals surface area contributed by atoms with Crippen LogP contribution in [0.5, 0.6) is 0 Å². The fourth-order valence-electron chi connectivity index (χ4n) is 0.305. The topological polar surface area (TPSA) is 36.7 Å². The average Bonchev–Trinajstić information content (AvgIpc) is 2.14. The van der Waals surface area contributed by atoms with E-state index >= 15 is 0 Å². The van der Waals surface area contributed by atoms with Crippen molar-refractivity contribution in [1.82, 2.24) is 4.98 Å². The normalized spacial score (nSPS) is 8.50. The van der Waals surface area contributed by atoms with E-state index in [1.165, 1.54) is 11.3 Å². The highest BCUT2D eigenvalue weighted by Crippen LogP contribution is 2.16. The minimum absolute atomic E-state index is 0.630. The maximum absolute atomic E-state index is 8.30. The van der Waals surface area contributed by atoms with Crippen LogP contribution in [-0.2, 0) is 0 Å². The van der Waals surface area contributed by atoms with E-state index in [1.807, 2.05) is 6.07 Å². The Balaban J connectivity index is 3.15. The summed E-state index contributed by atoms with van der Waals surface area (Å²) in [5, 5.41) is 8.30. The molecule has 4 heteroatoms. The molecule has 1 heterocycles. The zero-order chi connectivity index (χ0) is 5.98. The molecule has 8 heavy (non-hydrogen) atoms. The van der Waals surface area contributed by atoms with Crippen LogP contribution in [0.3, 0.4) is 0 Å². The number of hydrogen-bond acceptors (Lipinski definition) is 3. The van der Waals surface area contributed by atoms with Crippen LogP contribution >= 0.6 is 27.3 Å². The van der Waals surface area contributed by atoms with Gasteiger partial charge in [0.2, 0.25) is 0 Å². The SMILES string of the molecule is N#Cc1scnc1Br. The molecule has 0 spiro atoms. The van der Waals surface area contributed by atoms with Crippen LogP contribution in [0.1, 0.15) is 4.88 Å². The summed E-state index contributed by atoms with van der Waals surface area (Å²) in [5.74, 6) is 0. The Hall–Kier alpha value is -0.400. The highest BCUT2D eigenvalue weighted by atomic mass is 79.9. The van der Waals surface area contributed by atoms with Gasteiger partial charge < -0.3 is 0 Å². The van der Waals surface area contributed by atoms with Crippen molar-refractivity contribution in [3.63, 3.8) is 0 Å². The zero-order valence-electron chi connectivity index (χ0n) is 3.76. The van der Waals surface area contributed by atoms with Crippen LogP contribution in [0, 0.1) is 11.3 Å². The lowest BCUT2D eigenvalue weighted by atomic mass is 10.6. The molecule has 1 aromatic rings. The van der Waals surface area contributed by atoms with Gasteiger partial charge in [0.25, 0.3) is 0 Å². The fraction of sp³-hybridized carbons (Fsp3) is 0. The van der Waals surface area contributed by atoms with Crippen LogP contribution in [0.15, 0.2) is 10.1 Å². The molecule has 0 unspecified atom stereocenters. The molecule has 0 aliphatic carbocycles. The maximum atomic E-state index is 8.30. The molecule has 0 atom stereocenters. The maximum Gasteiger partial charge on any atom is 0.139 e. The Morgan fingerprint density at radius 2 is 2.62 bits per heavy atom. The molecule has 0 amide bonds. The standard InChI is InChI=1S/C4HBrN2S/c5-4-3(1-6)8-2-7-4/h2H. The van der Waals surface area contributed by atoms with Crippen molar-refractivity contribution in [3.8, 4) is 6.07 Å². The Bertz CT molecular complexity index is 224. The van der Waals surface area contributed by atoms with Gasteiger partial charge >= 0.3 is 0 Å². The summed E-state index contributed by atoms with van der Waals surface area (Å²) in [6.07, 6.45) is 0. The number of nitrogens with zero attached hydrogens (tertiary/aromatic N) is 2. The number of nitriles is 1. The molecular formula is C4HBrN2S. The minimum atomic E-state index is 0.630. The third-order valence-electron chi connectivity index (χ3n) is 0.626. The Morgan fingerprint density at radius 3 is 2.88 bits per heavy atom. The van der Waals surface area contributed by atoms with E-state index in [1.54, 1.807) is 5.51 Å². The summed E-state index contributed by atoms with van der Waals surface area (Å²) < 4.78 is 0.644. The number of thiazole rings is 1. The van der Waals surface area contributed by atoms with Crippen LogP contribution < -0.4 is 0 Å². The molecule has 0 saturated carbocycles. The molecule has 0 saturated heterocycles. The molecule has 1 rings (SSSR count). The number of halogens is 1. The lowest BCUT2D eigenvalue weighted by Crippen LogP contribution is -1.63. The molecular weight excluding hydrogens is 188 g/mol. The minimum Gasteiger partial charge on any atom is -0.236 e. The van der Waals surface area contributed by atoms with Gasteiger partial charge in [0.15, 0.2) is 0 Å². The van der Waals surface area contributed by atoms with E-state index in [0.29, 0.717) is 9.48 Å². The Labute approximate surface area is 58.9 Å².